The lowest BCUT2D eigenvalue weighted by atomic mass is 10.4. The average Bonchev–Trinajstić information content (AvgIpc) is 2.33. The standard InChI is InChI=1S/C6H3N3/c1-3-7-6-5(1)2-4-8-9-6/h1-2,4H. The van der Waals surface area contributed by atoms with Crippen molar-refractivity contribution in [3.05, 3.63) is 29.5 Å². The fourth-order valence-electron chi connectivity index (χ4n) is 0.696. The lowest BCUT2D eigenvalue weighted by Gasteiger charge is -1.76. The lowest BCUT2D eigenvalue weighted by Crippen LogP contribution is -2.25. The molecule has 0 fully saturated rings. The number of nitrogens with zero attached hydrogens (tertiary/aromatic N) is 3. The molecule has 0 spiro atoms. The van der Waals surface area contributed by atoms with E-state index in [0.717, 1.165) is 5.22 Å². The van der Waals surface area contributed by atoms with Crippen molar-refractivity contribution in [1.29, 1.82) is 0 Å². The number of aromatic nitrogens is 2. The topological polar surface area (TPSA) is 38.1 Å². The highest BCUT2D eigenvalue weighted by molar-refractivity contribution is 5.33. The molecular weight excluding hydrogens is 114 g/mol. The van der Waals surface area contributed by atoms with Crippen molar-refractivity contribution in [3.8, 4) is 0 Å². The first-order chi connectivity index (χ1) is 4.47. The molecule has 0 unspecified atom stereocenters. The quantitative estimate of drug-likeness (QED) is 0.434. The molecule has 0 saturated heterocycles. The molecule has 2 rings (SSSR count). The summed E-state index contributed by atoms with van der Waals surface area (Å²) in [4.78, 5) is 3.82. The van der Waals surface area contributed by atoms with E-state index in [-0.39, 0.29) is 0 Å². The second kappa shape index (κ2) is 1.62. The van der Waals surface area contributed by atoms with Crippen LogP contribution in [0, 0.1) is 6.54 Å². The zero-order valence-electron chi connectivity index (χ0n) is 4.57. The van der Waals surface area contributed by atoms with Crippen LogP contribution in [0.15, 0.2) is 17.3 Å². The molecule has 1 aromatic rings. The van der Waals surface area contributed by atoms with E-state index in [9.17, 15) is 0 Å². The summed E-state index contributed by atoms with van der Waals surface area (Å²) in [5.41, 5.74) is 0.664. The van der Waals surface area contributed by atoms with E-state index in [4.69, 9.17) is 0 Å². The minimum absolute atomic E-state index is 0.664. The molecule has 1 aromatic heterocycles. The molecule has 42 valence electrons. The Kier molecular flexibility index (Phi) is 0.828. The van der Waals surface area contributed by atoms with Gasteiger partial charge >= 0.3 is 0 Å². The summed E-state index contributed by atoms with van der Waals surface area (Å²) in [7, 11) is 0. The Labute approximate surface area is 51.8 Å². The third kappa shape index (κ3) is 0.614. The van der Waals surface area contributed by atoms with Gasteiger partial charge in [0, 0.05) is 5.22 Å². The number of rotatable bonds is 0. The minimum Gasteiger partial charge on any atom is -0.248 e. The molecule has 0 amide bonds. The van der Waals surface area contributed by atoms with Crippen molar-refractivity contribution in [2.24, 2.45) is 4.99 Å². The molecule has 0 N–H and O–H groups in total. The third-order valence-electron chi connectivity index (χ3n) is 1.12. The zero-order valence-corrected chi connectivity index (χ0v) is 4.57. The predicted molar refractivity (Wildman–Crippen MR) is 30.5 cm³/mol. The van der Waals surface area contributed by atoms with Crippen molar-refractivity contribution < 1.29 is 0 Å². The van der Waals surface area contributed by atoms with E-state index in [1.165, 1.54) is 0 Å². The normalized spacial score (nSPS) is 13.8. The number of fused-ring (bicyclic) bond motifs is 1. The number of hydrogen-bond donors (Lipinski definition) is 0. The molecule has 3 heteroatoms. The highest BCUT2D eigenvalue weighted by Crippen LogP contribution is 1.80. The molecule has 0 bridgehead atoms. The first-order valence-corrected chi connectivity index (χ1v) is 2.58. The molecule has 0 saturated carbocycles. The molecule has 0 aliphatic carbocycles. The van der Waals surface area contributed by atoms with E-state index in [0.29, 0.717) is 5.49 Å². The van der Waals surface area contributed by atoms with Crippen LogP contribution in [0.3, 0.4) is 0 Å². The van der Waals surface area contributed by atoms with Crippen LogP contribution in [0.1, 0.15) is 0 Å². The molecule has 1 aliphatic rings. The van der Waals surface area contributed by atoms with Crippen molar-refractivity contribution >= 4 is 6.08 Å². The molecule has 1 aliphatic heterocycles. The van der Waals surface area contributed by atoms with Crippen LogP contribution >= 0.6 is 0 Å². The lowest BCUT2D eigenvalue weighted by molar-refractivity contribution is 0.947. The van der Waals surface area contributed by atoms with E-state index in [1.807, 2.05) is 6.07 Å². The Balaban J connectivity index is 2.97. The fourth-order valence-corrected chi connectivity index (χ4v) is 0.696. The summed E-state index contributed by atoms with van der Waals surface area (Å²) < 4.78 is 0. The Morgan fingerprint density at radius 1 is 1.44 bits per heavy atom. The van der Waals surface area contributed by atoms with Crippen LogP contribution in [0.4, 0.5) is 0 Å². The smallest absolute Gasteiger partial charge is 0.178 e. The summed E-state index contributed by atoms with van der Waals surface area (Å²) in [5, 5.41) is 8.39. The molecular formula is C6H3N3. The molecule has 2 radical (unpaired) electrons. The summed E-state index contributed by atoms with van der Waals surface area (Å²) in [6.07, 6.45) is 3.42. The van der Waals surface area contributed by atoms with Crippen LogP contribution in [0.2, 0.25) is 0 Å². The van der Waals surface area contributed by atoms with Crippen LogP contribution in [0.5, 0.6) is 0 Å². The Morgan fingerprint density at radius 2 is 2.44 bits per heavy atom. The van der Waals surface area contributed by atoms with Gasteiger partial charge in [0.1, 0.15) is 6.54 Å². The van der Waals surface area contributed by atoms with Crippen molar-refractivity contribution in [2.45, 2.75) is 0 Å². The van der Waals surface area contributed by atoms with Gasteiger partial charge in [-0.15, -0.1) is 5.10 Å². The van der Waals surface area contributed by atoms with Crippen molar-refractivity contribution in [3.63, 3.8) is 0 Å². The van der Waals surface area contributed by atoms with Gasteiger partial charge in [-0.05, 0) is 12.1 Å². The van der Waals surface area contributed by atoms with Crippen LogP contribution in [0.25, 0.3) is 6.08 Å². The van der Waals surface area contributed by atoms with E-state index in [1.54, 1.807) is 12.3 Å². The number of hydrogen-bond acceptors (Lipinski definition) is 3. The maximum Gasteiger partial charge on any atom is 0.178 e. The first-order valence-electron chi connectivity index (χ1n) is 2.58. The zero-order chi connectivity index (χ0) is 6.10. The fraction of sp³-hybridized carbons (Fsp3) is 0. The summed E-state index contributed by atoms with van der Waals surface area (Å²) >= 11 is 0. The van der Waals surface area contributed by atoms with Gasteiger partial charge in [0.05, 0.1) is 6.20 Å². The van der Waals surface area contributed by atoms with E-state index < -0.39 is 0 Å². The van der Waals surface area contributed by atoms with Crippen molar-refractivity contribution in [1.82, 2.24) is 10.2 Å². The van der Waals surface area contributed by atoms with Gasteiger partial charge in [-0.2, -0.15) is 5.10 Å². The molecule has 0 aromatic carbocycles. The summed E-state index contributed by atoms with van der Waals surface area (Å²) in [5.74, 6) is 0. The summed E-state index contributed by atoms with van der Waals surface area (Å²) in [6.45, 7) is 2.69. The van der Waals surface area contributed by atoms with Gasteiger partial charge in [-0.3, -0.25) is 0 Å². The maximum atomic E-state index is 3.82. The van der Waals surface area contributed by atoms with E-state index in [2.05, 4.69) is 21.7 Å². The van der Waals surface area contributed by atoms with Crippen LogP contribution in [-0.4, -0.2) is 10.2 Å². The third-order valence-corrected chi connectivity index (χ3v) is 1.12. The first kappa shape index (κ1) is 4.61. The largest absolute Gasteiger partial charge is 0.248 e. The van der Waals surface area contributed by atoms with Gasteiger partial charge in [-0.1, -0.05) is 0 Å². The Morgan fingerprint density at radius 3 is 3.33 bits per heavy atom. The molecule has 0 atom stereocenters. The van der Waals surface area contributed by atoms with Gasteiger partial charge in [0.15, 0.2) is 5.49 Å². The average molecular weight is 117 g/mol. The van der Waals surface area contributed by atoms with Gasteiger partial charge < -0.3 is 0 Å². The highest BCUT2D eigenvalue weighted by atomic mass is 15.1. The van der Waals surface area contributed by atoms with Gasteiger partial charge in [-0.25, -0.2) is 4.99 Å². The predicted octanol–water partition coefficient (Wildman–Crippen LogP) is -1.07. The second-order valence-corrected chi connectivity index (χ2v) is 1.70. The Hall–Kier alpha value is -1.25. The Bertz CT molecular complexity index is 295. The second-order valence-electron chi connectivity index (χ2n) is 1.70. The van der Waals surface area contributed by atoms with Gasteiger partial charge in [0.2, 0.25) is 0 Å². The molecule has 9 heavy (non-hydrogen) atoms. The maximum absolute atomic E-state index is 3.82. The van der Waals surface area contributed by atoms with Crippen molar-refractivity contribution in [2.75, 3.05) is 0 Å². The van der Waals surface area contributed by atoms with Crippen LogP contribution < -0.4 is 10.7 Å². The summed E-state index contributed by atoms with van der Waals surface area (Å²) in [6, 6.07) is 1.85. The van der Waals surface area contributed by atoms with Crippen LogP contribution in [-0.2, 0) is 0 Å². The monoisotopic (exact) mass is 117 g/mol. The molecule has 3 nitrogen and oxygen atoms in total. The van der Waals surface area contributed by atoms with Gasteiger partial charge in [0.25, 0.3) is 0 Å². The SMILES string of the molecule is [C]1C=c2ccnnc2=N1. The minimum atomic E-state index is 0.664. The van der Waals surface area contributed by atoms with E-state index >= 15 is 0 Å². The highest BCUT2D eigenvalue weighted by Gasteiger charge is 1.93. The molecule has 2 heterocycles.